The SMILES string of the molecule is FCCON=C(CBr)c1cccc(Oc2ccccc2)c1. The van der Waals surface area contributed by atoms with Gasteiger partial charge in [0.2, 0.25) is 0 Å². The molecule has 0 saturated carbocycles. The Hall–Kier alpha value is -1.88. The predicted molar refractivity (Wildman–Crippen MR) is 85.2 cm³/mol. The number of nitrogens with zero attached hydrogens (tertiary/aromatic N) is 1. The van der Waals surface area contributed by atoms with E-state index in [2.05, 4.69) is 21.1 Å². The summed E-state index contributed by atoms with van der Waals surface area (Å²) in [6.45, 7) is -0.604. The molecule has 0 heterocycles. The van der Waals surface area contributed by atoms with Crippen molar-refractivity contribution in [3.8, 4) is 11.5 Å². The Morgan fingerprint density at radius 1 is 1.05 bits per heavy atom. The van der Waals surface area contributed by atoms with Crippen molar-refractivity contribution >= 4 is 21.6 Å². The van der Waals surface area contributed by atoms with Crippen molar-refractivity contribution in [3.63, 3.8) is 0 Å². The molecule has 0 radical (unpaired) electrons. The average Bonchev–Trinajstić information content (AvgIpc) is 2.53. The first-order chi connectivity index (χ1) is 10.3. The standard InChI is InChI=1S/C16H15BrFNO2/c17-12-16(19-20-10-9-18)13-5-4-8-15(11-13)21-14-6-2-1-3-7-14/h1-8,11H,9-10,12H2. The second-order valence-corrected chi connectivity index (χ2v) is 4.70. The fraction of sp³-hybridized carbons (Fsp3) is 0.188. The summed E-state index contributed by atoms with van der Waals surface area (Å²) >= 11 is 3.35. The van der Waals surface area contributed by atoms with Crippen LogP contribution in [0.5, 0.6) is 11.5 Å². The van der Waals surface area contributed by atoms with Crippen molar-refractivity contribution in [1.82, 2.24) is 0 Å². The number of ether oxygens (including phenoxy) is 1. The number of benzene rings is 2. The third-order valence-corrected chi connectivity index (χ3v) is 3.15. The van der Waals surface area contributed by atoms with Gasteiger partial charge in [0, 0.05) is 10.9 Å². The lowest BCUT2D eigenvalue weighted by Crippen LogP contribution is -2.04. The van der Waals surface area contributed by atoms with Crippen LogP contribution in [0.3, 0.4) is 0 Å². The van der Waals surface area contributed by atoms with E-state index in [9.17, 15) is 4.39 Å². The first-order valence-electron chi connectivity index (χ1n) is 6.47. The maximum absolute atomic E-state index is 12.0. The number of rotatable bonds is 7. The maximum atomic E-state index is 12.0. The number of alkyl halides is 2. The lowest BCUT2D eigenvalue weighted by Gasteiger charge is -2.08. The molecule has 0 aromatic heterocycles. The Morgan fingerprint density at radius 3 is 2.52 bits per heavy atom. The van der Waals surface area contributed by atoms with E-state index in [1.54, 1.807) is 0 Å². The van der Waals surface area contributed by atoms with Crippen molar-refractivity contribution < 1.29 is 14.0 Å². The predicted octanol–water partition coefficient (Wildman–Crippen LogP) is 4.56. The second-order valence-electron chi connectivity index (χ2n) is 4.14. The highest BCUT2D eigenvalue weighted by atomic mass is 79.9. The van der Waals surface area contributed by atoms with Crippen LogP contribution in [0.1, 0.15) is 5.56 Å². The second kappa shape index (κ2) is 8.42. The van der Waals surface area contributed by atoms with Crippen molar-refractivity contribution in [2.75, 3.05) is 18.6 Å². The van der Waals surface area contributed by atoms with Gasteiger partial charge in [-0.2, -0.15) is 0 Å². The van der Waals surface area contributed by atoms with E-state index in [4.69, 9.17) is 9.57 Å². The van der Waals surface area contributed by atoms with Crippen LogP contribution < -0.4 is 4.74 Å². The summed E-state index contributed by atoms with van der Waals surface area (Å²) in [5, 5.41) is 4.43. The first-order valence-corrected chi connectivity index (χ1v) is 7.59. The highest BCUT2D eigenvalue weighted by molar-refractivity contribution is 9.09. The highest BCUT2D eigenvalue weighted by Gasteiger charge is 2.05. The molecule has 2 aromatic carbocycles. The van der Waals surface area contributed by atoms with Gasteiger partial charge in [0.1, 0.15) is 24.8 Å². The van der Waals surface area contributed by atoms with E-state index in [0.29, 0.717) is 16.8 Å². The first kappa shape index (κ1) is 15.5. The van der Waals surface area contributed by atoms with Crippen molar-refractivity contribution in [2.45, 2.75) is 0 Å². The molecular weight excluding hydrogens is 337 g/mol. The molecule has 0 spiro atoms. The molecule has 0 aliphatic rings. The van der Waals surface area contributed by atoms with E-state index >= 15 is 0 Å². The minimum absolute atomic E-state index is 0.0449. The highest BCUT2D eigenvalue weighted by Crippen LogP contribution is 2.22. The summed E-state index contributed by atoms with van der Waals surface area (Å²) in [5.41, 5.74) is 1.54. The summed E-state index contributed by atoms with van der Waals surface area (Å²) in [5.74, 6) is 1.47. The van der Waals surface area contributed by atoms with E-state index < -0.39 is 6.67 Å². The Kier molecular flexibility index (Phi) is 6.22. The molecule has 0 aliphatic heterocycles. The van der Waals surface area contributed by atoms with Gasteiger partial charge >= 0.3 is 0 Å². The molecule has 0 N–H and O–H groups in total. The topological polar surface area (TPSA) is 30.8 Å². The van der Waals surface area contributed by atoms with Gasteiger partial charge in [0.05, 0.1) is 5.71 Å². The van der Waals surface area contributed by atoms with Gasteiger partial charge in [-0.15, -0.1) is 0 Å². The monoisotopic (exact) mass is 351 g/mol. The minimum Gasteiger partial charge on any atom is -0.457 e. The van der Waals surface area contributed by atoms with E-state index in [1.165, 1.54) is 0 Å². The Balaban J connectivity index is 2.14. The Morgan fingerprint density at radius 2 is 1.81 bits per heavy atom. The van der Waals surface area contributed by atoms with Gasteiger partial charge in [-0.05, 0) is 24.3 Å². The number of para-hydroxylation sites is 1. The molecule has 0 saturated heterocycles. The van der Waals surface area contributed by atoms with Gasteiger partial charge in [-0.25, -0.2) is 4.39 Å². The molecule has 0 bridgehead atoms. The quantitative estimate of drug-likeness (QED) is 0.316. The van der Waals surface area contributed by atoms with Crippen LogP contribution in [-0.4, -0.2) is 24.3 Å². The lowest BCUT2D eigenvalue weighted by molar-refractivity contribution is 0.128. The molecule has 5 heteroatoms. The molecule has 2 aromatic rings. The zero-order valence-electron chi connectivity index (χ0n) is 11.3. The molecule has 0 atom stereocenters. The van der Waals surface area contributed by atoms with Crippen LogP contribution in [0.4, 0.5) is 4.39 Å². The Bertz CT molecular complexity index is 590. The zero-order valence-corrected chi connectivity index (χ0v) is 12.9. The average molecular weight is 352 g/mol. The van der Waals surface area contributed by atoms with Crippen LogP contribution in [0.15, 0.2) is 59.8 Å². The van der Waals surface area contributed by atoms with Crippen LogP contribution in [0.25, 0.3) is 0 Å². The number of halogens is 2. The van der Waals surface area contributed by atoms with Gasteiger partial charge in [0.15, 0.2) is 0 Å². The lowest BCUT2D eigenvalue weighted by atomic mass is 10.1. The fourth-order valence-corrected chi connectivity index (χ4v) is 2.10. The molecule has 2 rings (SSSR count). The molecule has 0 unspecified atom stereocenters. The van der Waals surface area contributed by atoms with Crippen LogP contribution in [0.2, 0.25) is 0 Å². The number of hydrogen-bond acceptors (Lipinski definition) is 3. The van der Waals surface area contributed by atoms with Crippen LogP contribution in [-0.2, 0) is 4.84 Å². The zero-order chi connectivity index (χ0) is 14.9. The smallest absolute Gasteiger partial charge is 0.145 e. The minimum atomic E-state index is -0.559. The van der Waals surface area contributed by atoms with E-state index in [-0.39, 0.29) is 6.61 Å². The van der Waals surface area contributed by atoms with Gasteiger partial charge in [0.25, 0.3) is 0 Å². The van der Waals surface area contributed by atoms with E-state index in [0.717, 1.165) is 11.3 Å². The van der Waals surface area contributed by atoms with Crippen LogP contribution >= 0.6 is 15.9 Å². The summed E-state index contributed by atoms with van der Waals surface area (Å²) in [7, 11) is 0. The summed E-state index contributed by atoms with van der Waals surface area (Å²) in [4.78, 5) is 4.89. The van der Waals surface area contributed by atoms with Crippen molar-refractivity contribution in [1.29, 1.82) is 0 Å². The van der Waals surface area contributed by atoms with Gasteiger partial charge < -0.3 is 9.57 Å². The molecule has 0 amide bonds. The third-order valence-electron chi connectivity index (χ3n) is 2.62. The summed E-state index contributed by atoms with van der Waals surface area (Å²) in [6.07, 6.45) is 0. The van der Waals surface area contributed by atoms with Gasteiger partial charge in [-0.3, -0.25) is 0 Å². The molecule has 21 heavy (non-hydrogen) atoms. The summed E-state index contributed by atoms with van der Waals surface area (Å²) in [6, 6.07) is 17.0. The van der Waals surface area contributed by atoms with Crippen LogP contribution in [0, 0.1) is 0 Å². The normalized spacial score (nSPS) is 11.2. The fourth-order valence-electron chi connectivity index (χ4n) is 1.68. The third kappa shape index (κ3) is 4.86. The molecular formula is C16H15BrFNO2. The summed E-state index contributed by atoms with van der Waals surface area (Å²) < 4.78 is 17.8. The molecule has 0 fully saturated rings. The van der Waals surface area contributed by atoms with E-state index in [1.807, 2.05) is 54.6 Å². The van der Waals surface area contributed by atoms with Gasteiger partial charge in [-0.1, -0.05) is 51.4 Å². The largest absolute Gasteiger partial charge is 0.457 e. The van der Waals surface area contributed by atoms with Crippen molar-refractivity contribution in [3.05, 3.63) is 60.2 Å². The molecule has 3 nitrogen and oxygen atoms in total. The molecule has 0 aliphatic carbocycles. The number of oxime groups is 1. The Labute approximate surface area is 131 Å². The molecule has 110 valence electrons. The van der Waals surface area contributed by atoms with Crippen molar-refractivity contribution in [2.24, 2.45) is 5.16 Å². The maximum Gasteiger partial charge on any atom is 0.145 e. The number of hydrogen-bond donors (Lipinski definition) is 0.